The molecule has 1 saturated heterocycles. The Balaban J connectivity index is 1.55. The molecule has 0 amide bonds. The molecule has 196 valence electrons. The summed E-state index contributed by atoms with van der Waals surface area (Å²) in [6.07, 6.45) is -8.69. The first-order chi connectivity index (χ1) is 17.3. The maximum absolute atomic E-state index is 14.4. The number of hydrogen-bond acceptors (Lipinski definition) is 6. The van der Waals surface area contributed by atoms with Crippen LogP contribution in [0, 0.1) is 11.6 Å². The minimum absolute atomic E-state index is 0.0315. The fourth-order valence-corrected chi connectivity index (χ4v) is 4.28. The summed E-state index contributed by atoms with van der Waals surface area (Å²) in [5.41, 5.74) is -5.34. The van der Waals surface area contributed by atoms with Crippen molar-refractivity contribution in [3.05, 3.63) is 59.7 Å². The zero-order valence-electron chi connectivity index (χ0n) is 18.3. The molecule has 8 nitrogen and oxygen atoms in total. The van der Waals surface area contributed by atoms with Gasteiger partial charge in [0.05, 0.1) is 17.8 Å². The van der Waals surface area contributed by atoms with E-state index in [2.05, 4.69) is 20.2 Å². The van der Waals surface area contributed by atoms with Crippen molar-refractivity contribution in [1.29, 1.82) is 0 Å². The highest BCUT2D eigenvalue weighted by molar-refractivity contribution is 5.73. The summed E-state index contributed by atoms with van der Waals surface area (Å²) in [5, 5.41) is 18.5. The van der Waals surface area contributed by atoms with E-state index in [1.54, 1.807) is 4.90 Å². The lowest BCUT2D eigenvalue weighted by atomic mass is 10.0. The molecular formula is C21H15F8N7O. The lowest BCUT2D eigenvalue weighted by molar-refractivity contribution is -0.378. The number of alkyl halides is 6. The van der Waals surface area contributed by atoms with E-state index in [4.69, 9.17) is 0 Å². The minimum atomic E-state index is -6.15. The van der Waals surface area contributed by atoms with E-state index in [1.807, 2.05) is 0 Å². The fraction of sp³-hybridized carbons (Fsp3) is 0.333. The molecular weight excluding hydrogens is 518 g/mol. The van der Waals surface area contributed by atoms with Crippen LogP contribution in [0.15, 0.2) is 36.7 Å². The number of benzene rings is 1. The zero-order chi connectivity index (χ0) is 26.8. The predicted molar refractivity (Wildman–Crippen MR) is 110 cm³/mol. The number of nitrogens with one attached hydrogen (secondary N) is 1. The Hall–Kier alpha value is -3.82. The third kappa shape index (κ3) is 3.95. The van der Waals surface area contributed by atoms with Crippen molar-refractivity contribution >= 4 is 11.5 Å². The van der Waals surface area contributed by atoms with Crippen molar-refractivity contribution in [2.24, 2.45) is 0 Å². The average molecular weight is 533 g/mol. The first kappa shape index (κ1) is 24.9. The highest BCUT2D eigenvalue weighted by Gasteiger charge is 2.73. The second kappa shape index (κ2) is 8.36. The van der Waals surface area contributed by atoms with Gasteiger partial charge in [-0.25, -0.2) is 23.3 Å². The van der Waals surface area contributed by atoms with Gasteiger partial charge in [-0.1, -0.05) is 0 Å². The van der Waals surface area contributed by atoms with E-state index >= 15 is 0 Å². The Kier molecular flexibility index (Phi) is 5.61. The molecule has 1 aliphatic rings. The number of anilines is 1. The maximum atomic E-state index is 14.4. The molecule has 0 bridgehead atoms. The molecule has 37 heavy (non-hydrogen) atoms. The average Bonchev–Trinajstić information content (AvgIpc) is 3.57. The quantitative estimate of drug-likeness (QED) is 0.377. The molecule has 0 unspecified atom stereocenters. The van der Waals surface area contributed by atoms with E-state index < -0.39 is 47.3 Å². The number of aromatic amines is 1. The third-order valence-corrected chi connectivity index (χ3v) is 6.11. The van der Waals surface area contributed by atoms with Gasteiger partial charge in [0.1, 0.15) is 17.5 Å². The molecule has 4 aromatic rings. The number of H-pyrrole nitrogens is 1. The molecule has 0 aliphatic carbocycles. The summed E-state index contributed by atoms with van der Waals surface area (Å²) in [6.45, 7) is 0.419. The van der Waals surface area contributed by atoms with Crippen LogP contribution in [-0.4, -0.2) is 53.8 Å². The monoisotopic (exact) mass is 533 g/mol. The first-order valence-electron chi connectivity index (χ1n) is 10.7. The van der Waals surface area contributed by atoms with Gasteiger partial charge in [0.25, 0.3) is 0 Å². The van der Waals surface area contributed by atoms with Crippen molar-refractivity contribution in [1.82, 2.24) is 29.8 Å². The summed E-state index contributed by atoms with van der Waals surface area (Å²) >= 11 is 0. The summed E-state index contributed by atoms with van der Waals surface area (Å²) in [5.74, 6) is -3.46. The zero-order valence-corrected chi connectivity index (χ0v) is 18.3. The van der Waals surface area contributed by atoms with Crippen molar-refractivity contribution < 1.29 is 40.2 Å². The molecule has 3 aromatic heterocycles. The summed E-state index contributed by atoms with van der Waals surface area (Å²) < 4.78 is 109. The topological polar surface area (TPSA) is 95.2 Å². The standard InChI is InChI=1S/C21H15F8N7O/c22-10-3-4-13(23)11(8-10)14-2-1-6-35(14)15-5-7-36-17(31-15)12(9-30-36)16-32-18(34-33-16)19(37,20(24,25)26)21(27,28)29/h3-5,7-9,14,37H,1-2,6H2,(H,32,33,34)/t14-/m1/s1. The SMILES string of the molecule is OC(c1nc(-c2cnn3ccc(N4CCC[C@@H]4c4cc(F)ccc4F)nc23)n[nH]1)(C(F)(F)F)C(F)(F)F. The van der Waals surface area contributed by atoms with Gasteiger partial charge in [0.15, 0.2) is 17.3 Å². The van der Waals surface area contributed by atoms with E-state index in [1.165, 1.54) is 21.9 Å². The van der Waals surface area contributed by atoms with Crippen LogP contribution in [0.2, 0.25) is 0 Å². The van der Waals surface area contributed by atoms with Crippen LogP contribution in [0.4, 0.5) is 40.9 Å². The molecule has 16 heteroatoms. The van der Waals surface area contributed by atoms with Crippen molar-refractivity contribution in [2.45, 2.75) is 36.8 Å². The molecule has 1 aliphatic heterocycles. The normalized spacial score (nSPS) is 17.2. The summed E-state index contributed by atoms with van der Waals surface area (Å²) in [6, 6.07) is 4.04. The van der Waals surface area contributed by atoms with Gasteiger partial charge in [0.2, 0.25) is 0 Å². The lowest BCUT2D eigenvalue weighted by Crippen LogP contribution is -2.54. The van der Waals surface area contributed by atoms with Crippen LogP contribution in [0.3, 0.4) is 0 Å². The molecule has 4 heterocycles. The molecule has 5 rings (SSSR count). The third-order valence-electron chi connectivity index (χ3n) is 6.11. The number of hydrogen-bond donors (Lipinski definition) is 2. The van der Waals surface area contributed by atoms with Crippen molar-refractivity contribution in [3.8, 4) is 11.4 Å². The smallest absolute Gasteiger partial charge is 0.367 e. The molecule has 2 N–H and O–H groups in total. The van der Waals surface area contributed by atoms with Crippen LogP contribution in [-0.2, 0) is 5.60 Å². The van der Waals surface area contributed by atoms with Crippen LogP contribution in [0.25, 0.3) is 17.0 Å². The van der Waals surface area contributed by atoms with E-state index in [-0.39, 0.29) is 22.6 Å². The number of fused-ring (bicyclic) bond motifs is 1. The Morgan fingerprint density at radius 2 is 1.73 bits per heavy atom. The number of aliphatic hydroxyl groups is 1. The van der Waals surface area contributed by atoms with E-state index in [0.29, 0.717) is 19.4 Å². The Bertz CT molecular complexity index is 1450. The largest absolute Gasteiger partial charge is 0.433 e. The van der Waals surface area contributed by atoms with Crippen molar-refractivity contribution in [3.63, 3.8) is 0 Å². The Morgan fingerprint density at radius 3 is 2.43 bits per heavy atom. The maximum Gasteiger partial charge on any atom is 0.433 e. The van der Waals surface area contributed by atoms with Crippen molar-refractivity contribution in [2.75, 3.05) is 11.4 Å². The first-order valence-corrected chi connectivity index (χ1v) is 10.7. The van der Waals surface area contributed by atoms with Gasteiger partial charge in [-0.15, -0.1) is 0 Å². The molecule has 1 fully saturated rings. The Labute approximate surface area is 201 Å². The van der Waals surface area contributed by atoms with Gasteiger partial charge in [0, 0.05) is 18.3 Å². The second-order valence-corrected chi connectivity index (χ2v) is 8.34. The molecule has 0 spiro atoms. The lowest BCUT2D eigenvalue weighted by Gasteiger charge is -2.29. The number of aromatic nitrogens is 6. The summed E-state index contributed by atoms with van der Waals surface area (Å²) in [7, 11) is 0. The van der Waals surface area contributed by atoms with Crippen LogP contribution < -0.4 is 4.90 Å². The number of rotatable bonds is 4. The molecule has 1 aromatic carbocycles. The molecule has 0 saturated carbocycles. The molecule has 0 radical (unpaired) electrons. The number of nitrogens with zero attached hydrogens (tertiary/aromatic N) is 6. The van der Waals surface area contributed by atoms with E-state index in [0.717, 1.165) is 24.4 Å². The van der Waals surface area contributed by atoms with Crippen LogP contribution >= 0.6 is 0 Å². The molecule has 1 atom stereocenters. The highest BCUT2D eigenvalue weighted by atomic mass is 19.4. The second-order valence-electron chi connectivity index (χ2n) is 8.34. The van der Waals surface area contributed by atoms with Gasteiger partial charge in [-0.3, -0.25) is 5.10 Å². The van der Waals surface area contributed by atoms with E-state index in [9.17, 15) is 40.2 Å². The highest BCUT2D eigenvalue weighted by Crippen LogP contribution is 2.49. The number of halogens is 8. The Morgan fingerprint density at radius 1 is 1.00 bits per heavy atom. The predicted octanol–water partition coefficient (Wildman–Crippen LogP) is 4.45. The van der Waals surface area contributed by atoms with Gasteiger partial charge >= 0.3 is 18.0 Å². The van der Waals surface area contributed by atoms with Crippen LogP contribution in [0.5, 0.6) is 0 Å². The van der Waals surface area contributed by atoms with Crippen LogP contribution in [0.1, 0.15) is 30.3 Å². The fourth-order valence-electron chi connectivity index (χ4n) is 4.28. The van der Waals surface area contributed by atoms with Gasteiger partial charge in [-0.2, -0.15) is 36.5 Å². The van der Waals surface area contributed by atoms with Gasteiger partial charge < -0.3 is 10.0 Å². The minimum Gasteiger partial charge on any atom is -0.367 e. The summed E-state index contributed by atoms with van der Waals surface area (Å²) in [4.78, 5) is 9.36. The van der Waals surface area contributed by atoms with Gasteiger partial charge in [-0.05, 0) is 37.1 Å².